The van der Waals surface area contributed by atoms with Gasteiger partial charge in [-0.15, -0.1) is 0 Å². The van der Waals surface area contributed by atoms with Crippen molar-refractivity contribution in [1.29, 1.82) is 0 Å². The molecule has 0 radical (unpaired) electrons. The van der Waals surface area contributed by atoms with Crippen molar-refractivity contribution in [2.75, 3.05) is 12.4 Å². The second-order valence-electron chi connectivity index (χ2n) is 4.67. The molecule has 0 aliphatic heterocycles. The number of nitrogens with one attached hydrogen (secondary N) is 1. The van der Waals surface area contributed by atoms with Crippen LogP contribution < -0.4 is 15.8 Å². The molecule has 4 heteroatoms. The molecular weight excluding hydrogens is 216 g/mol. The van der Waals surface area contributed by atoms with Gasteiger partial charge in [0.1, 0.15) is 5.75 Å². The van der Waals surface area contributed by atoms with Crippen LogP contribution in [0.15, 0.2) is 24.3 Å². The van der Waals surface area contributed by atoms with Crippen molar-refractivity contribution in [2.45, 2.75) is 31.2 Å². The first-order valence-corrected chi connectivity index (χ1v) is 5.84. The molecule has 1 aromatic rings. The average molecular weight is 234 g/mol. The van der Waals surface area contributed by atoms with Crippen LogP contribution in [0.4, 0.5) is 5.69 Å². The van der Waals surface area contributed by atoms with E-state index >= 15 is 0 Å². The fourth-order valence-electron chi connectivity index (χ4n) is 2.03. The summed E-state index contributed by atoms with van der Waals surface area (Å²) in [7, 11) is 1.60. The van der Waals surface area contributed by atoms with Crippen molar-refractivity contribution in [1.82, 2.24) is 0 Å². The predicted molar refractivity (Wildman–Crippen MR) is 67.0 cm³/mol. The molecular formula is C13H18N2O2. The van der Waals surface area contributed by atoms with E-state index in [1.165, 1.54) is 0 Å². The molecule has 0 unspecified atom stereocenters. The fourth-order valence-corrected chi connectivity index (χ4v) is 2.03. The highest BCUT2D eigenvalue weighted by atomic mass is 16.5. The molecule has 17 heavy (non-hydrogen) atoms. The summed E-state index contributed by atoms with van der Waals surface area (Å²) in [5.74, 6) is 0.703. The number of carbonyl (C=O) groups excluding carboxylic acids is 1. The summed E-state index contributed by atoms with van der Waals surface area (Å²) >= 11 is 0. The molecule has 0 spiro atoms. The Hall–Kier alpha value is -1.55. The highest BCUT2D eigenvalue weighted by Gasteiger charge is 2.34. The van der Waals surface area contributed by atoms with Gasteiger partial charge in [0.05, 0.1) is 7.11 Å². The Morgan fingerprint density at radius 3 is 2.88 bits per heavy atom. The minimum atomic E-state index is -0.275. The summed E-state index contributed by atoms with van der Waals surface area (Å²) in [6.07, 6.45) is 3.41. The number of amides is 1. The van der Waals surface area contributed by atoms with E-state index in [2.05, 4.69) is 5.32 Å². The average Bonchev–Trinajstić information content (AvgIpc) is 2.27. The summed E-state index contributed by atoms with van der Waals surface area (Å²) < 4.78 is 5.09. The number of methoxy groups -OCH3 is 1. The summed E-state index contributed by atoms with van der Waals surface area (Å²) in [4.78, 5) is 11.8. The number of ether oxygens (including phenoxy) is 1. The lowest BCUT2D eigenvalue weighted by Gasteiger charge is -2.37. The van der Waals surface area contributed by atoms with Crippen LogP contribution in [0.5, 0.6) is 5.75 Å². The van der Waals surface area contributed by atoms with Crippen molar-refractivity contribution in [2.24, 2.45) is 5.73 Å². The van der Waals surface area contributed by atoms with Gasteiger partial charge in [0, 0.05) is 23.7 Å². The van der Waals surface area contributed by atoms with Crippen LogP contribution in [-0.4, -0.2) is 18.6 Å². The molecule has 4 nitrogen and oxygen atoms in total. The lowest BCUT2D eigenvalue weighted by molar-refractivity contribution is -0.118. The molecule has 1 aliphatic rings. The minimum Gasteiger partial charge on any atom is -0.497 e. The van der Waals surface area contributed by atoms with E-state index in [4.69, 9.17) is 10.5 Å². The van der Waals surface area contributed by atoms with Gasteiger partial charge in [0.2, 0.25) is 5.91 Å². The molecule has 1 fully saturated rings. The lowest BCUT2D eigenvalue weighted by atomic mass is 9.75. The Balaban J connectivity index is 1.93. The highest BCUT2D eigenvalue weighted by molar-refractivity contribution is 5.91. The predicted octanol–water partition coefficient (Wildman–Crippen LogP) is 1.91. The van der Waals surface area contributed by atoms with Gasteiger partial charge in [-0.2, -0.15) is 0 Å². The molecule has 1 amide bonds. The number of hydrogen-bond acceptors (Lipinski definition) is 3. The molecule has 2 rings (SSSR count). The second-order valence-corrected chi connectivity index (χ2v) is 4.67. The van der Waals surface area contributed by atoms with Gasteiger partial charge >= 0.3 is 0 Å². The van der Waals surface area contributed by atoms with Crippen molar-refractivity contribution in [3.63, 3.8) is 0 Å². The van der Waals surface area contributed by atoms with Gasteiger partial charge in [-0.25, -0.2) is 0 Å². The molecule has 0 atom stereocenters. The summed E-state index contributed by atoms with van der Waals surface area (Å²) in [6, 6.07) is 7.31. The van der Waals surface area contributed by atoms with Crippen LogP contribution in [0.3, 0.4) is 0 Å². The normalized spacial score (nSPS) is 17.1. The summed E-state index contributed by atoms with van der Waals surface area (Å²) in [5, 5.41) is 2.84. The topological polar surface area (TPSA) is 64.3 Å². The van der Waals surface area contributed by atoms with Crippen LogP contribution in [-0.2, 0) is 4.79 Å². The fraction of sp³-hybridized carbons (Fsp3) is 0.462. The zero-order valence-corrected chi connectivity index (χ0v) is 10.0. The van der Waals surface area contributed by atoms with E-state index in [1.54, 1.807) is 13.2 Å². The molecule has 3 N–H and O–H groups in total. The largest absolute Gasteiger partial charge is 0.497 e. The molecule has 0 saturated heterocycles. The van der Waals surface area contributed by atoms with Gasteiger partial charge in [0.25, 0.3) is 0 Å². The molecule has 1 aliphatic carbocycles. The highest BCUT2D eigenvalue weighted by Crippen LogP contribution is 2.32. The smallest absolute Gasteiger partial charge is 0.226 e. The van der Waals surface area contributed by atoms with Crippen LogP contribution in [0.2, 0.25) is 0 Å². The maximum absolute atomic E-state index is 11.8. The molecule has 0 bridgehead atoms. The summed E-state index contributed by atoms with van der Waals surface area (Å²) in [5.41, 5.74) is 6.50. The molecule has 92 valence electrons. The Kier molecular flexibility index (Phi) is 3.33. The Bertz CT molecular complexity index is 414. The zero-order chi connectivity index (χ0) is 12.3. The maximum atomic E-state index is 11.8. The molecule has 1 aromatic carbocycles. The van der Waals surface area contributed by atoms with Crippen LogP contribution in [0.25, 0.3) is 0 Å². The molecule has 0 heterocycles. The number of anilines is 1. The third-order valence-corrected chi connectivity index (χ3v) is 3.22. The maximum Gasteiger partial charge on any atom is 0.226 e. The van der Waals surface area contributed by atoms with Crippen LogP contribution in [0.1, 0.15) is 25.7 Å². The molecule has 0 aromatic heterocycles. The van der Waals surface area contributed by atoms with Crippen molar-refractivity contribution < 1.29 is 9.53 Å². The van der Waals surface area contributed by atoms with Crippen molar-refractivity contribution >= 4 is 11.6 Å². The number of rotatable bonds is 4. The summed E-state index contributed by atoms with van der Waals surface area (Å²) in [6.45, 7) is 0. The van der Waals surface area contributed by atoms with Crippen molar-refractivity contribution in [3.8, 4) is 5.75 Å². The quantitative estimate of drug-likeness (QED) is 0.836. The van der Waals surface area contributed by atoms with E-state index in [0.29, 0.717) is 6.42 Å². The minimum absolute atomic E-state index is 0.0274. The third kappa shape index (κ3) is 2.97. The number of carbonyl (C=O) groups is 1. The van der Waals surface area contributed by atoms with Crippen LogP contribution in [0, 0.1) is 0 Å². The van der Waals surface area contributed by atoms with E-state index in [0.717, 1.165) is 30.7 Å². The first-order chi connectivity index (χ1) is 8.11. The van der Waals surface area contributed by atoms with Gasteiger partial charge in [-0.3, -0.25) is 4.79 Å². The van der Waals surface area contributed by atoms with E-state index in [9.17, 15) is 4.79 Å². The standard InChI is InChI=1S/C13H18N2O2/c1-17-11-5-2-4-10(8-11)15-12(16)9-13(14)6-3-7-13/h2,4-5,8H,3,6-7,9,14H2,1H3,(H,15,16). The Morgan fingerprint density at radius 1 is 1.53 bits per heavy atom. The van der Waals surface area contributed by atoms with E-state index < -0.39 is 0 Å². The third-order valence-electron chi connectivity index (χ3n) is 3.22. The van der Waals surface area contributed by atoms with Crippen LogP contribution >= 0.6 is 0 Å². The van der Waals surface area contributed by atoms with Gasteiger partial charge in [0.15, 0.2) is 0 Å². The zero-order valence-electron chi connectivity index (χ0n) is 10.0. The Morgan fingerprint density at radius 2 is 2.29 bits per heavy atom. The van der Waals surface area contributed by atoms with Gasteiger partial charge in [-0.05, 0) is 31.4 Å². The first-order valence-electron chi connectivity index (χ1n) is 5.84. The van der Waals surface area contributed by atoms with E-state index in [-0.39, 0.29) is 11.4 Å². The molecule has 1 saturated carbocycles. The van der Waals surface area contributed by atoms with Gasteiger partial charge in [-0.1, -0.05) is 6.07 Å². The first kappa shape index (κ1) is 11.9. The number of hydrogen-bond donors (Lipinski definition) is 2. The second kappa shape index (κ2) is 4.75. The van der Waals surface area contributed by atoms with Crippen molar-refractivity contribution in [3.05, 3.63) is 24.3 Å². The van der Waals surface area contributed by atoms with E-state index in [1.807, 2.05) is 18.2 Å². The lowest BCUT2D eigenvalue weighted by Crippen LogP contribution is -2.48. The Labute approximate surface area is 101 Å². The number of benzene rings is 1. The SMILES string of the molecule is COc1cccc(NC(=O)CC2(N)CCC2)c1. The monoisotopic (exact) mass is 234 g/mol. The van der Waals surface area contributed by atoms with Gasteiger partial charge < -0.3 is 15.8 Å². The number of nitrogens with two attached hydrogens (primary N) is 1.